The predicted octanol–water partition coefficient (Wildman–Crippen LogP) is 3.37. The van der Waals surface area contributed by atoms with Crippen LogP contribution >= 0.6 is 0 Å². The highest BCUT2D eigenvalue weighted by molar-refractivity contribution is 5.96. The van der Waals surface area contributed by atoms with Crippen LogP contribution in [-0.2, 0) is 27.3 Å². The van der Waals surface area contributed by atoms with E-state index in [1.54, 1.807) is 26.2 Å². The summed E-state index contributed by atoms with van der Waals surface area (Å²) in [6.45, 7) is 6.31. The van der Waals surface area contributed by atoms with Crippen molar-refractivity contribution in [3.8, 4) is 0 Å². The monoisotopic (exact) mass is 550 g/mol. The van der Waals surface area contributed by atoms with Gasteiger partial charge in [0.15, 0.2) is 0 Å². The molecule has 0 aliphatic rings. The van der Waals surface area contributed by atoms with E-state index in [9.17, 15) is 19.2 Å². The molecule has 0 saturated heterocycles. The van der Waals surface area contributed by atoms with Crippen LogP contribution in [0.2, 0.25) is 0 Å². The quantitative estimate of drug-likeness (QED) is 0.313. The molecule has 0 aliphatic heterocycles. The highest BCUT2D eigenvalue weighted by atomic mass is 16.5. The number of H-pyrrole nitrogens is 1. The molecule has 1 atom stereocenters. The second-order valence-electron chi connectivity index (χ2n) is 10.3. The molecule has 0 bridgehead atoms. The van der Waals surface area contributed by atoms with Crippen LogP contribution < -0.4 is 16.2 Å². The van der Waals surface area contributed by atoms with E-state index in [1.807, 2.05) is 19.1 Å². The Kier molecular flexibility index (Phi) is 10.2. The average molecular weight is 551 g/mol. The third kappa shape index (κ3) is 7.81. The van der Waals surface area contributed by atoms with E-state index in [-0.39, 0.29) is 24.6 Å². The molecule has 3 N–H and O–H groups in total. The number of anilines is 1. The first kappa shape index (κ1) is 30.1. The third-order valence-corrected chi connectivity index (χ3v) is 6.35. The molecule has 3 aromatic rings. The summed E-state index contributed by atoms with van der Waals surface area (Å²) in [6.07, 6.45) is 3.66. The Bertz CT molecular complexity index is 1450. The number of alkyl carbamates (subject to hydrolysis) is 1. The number of para-hydroxylation sites is 1. The molecule has 0 aliphatic carbocycles. The number of fused-ring (bicyclic) bond motifs is 1. The molecule has 11 heteroatoms. The van der Waals surface area contributed by atoms with Crippen molar-refractivity contribution in [1.82, 2.24) is 24.8 Å². The Balaban J connectivity index is 1.80. The van der Waals surface area contributed by atoms with Gasteiger partial charge in [-0.1, -0.05) is 32.1 Å². The van der Waals surface area contributed by atoms with Gasteiger partial charge in [-0.15, -0.1) is 0 Å². The molecule has 3 rings (SSSR count). The molecular formula is C29H38N6O5. The van der Waals surface area contributed by atoms with Gasteiger partial charge in [0.1, 0.15) is 17.6 Å². The first-order valence-electron chi connectivity index (χ1n) is 13.2. The van der Waals surface area contributed by atoms with Crippen molar-refractivity contribution in [1.29, 1.82) is 0 Å². The zero-order valence-electron chi connectivity index (χ0n) is 23.9. The maximum atomic E-state index is 13.4. The van der Waals surface area contributed by atoms with Gasteiger partial charge in [-0.05, 0) is 61.9 Å². The number of methoxy groups -OCH3 is 1. The molecule has 0 unspecified atom stereocenters. The SMILES string of the molecule is COC(=O)N[C@@H](CC/C=C/C(=O)N(C)C)C(=O)Nc1ccc(C)n(Cc2nc3c(CC(C)C)cccc3[nH]2)c1=O. The lowest BCUT2D eigenvalue weighted by Crippen LogP contribution is -2.44. The van der Waals surface area contributed by atoms with Crippen molar-refractivity contribution in [3.05, 3.63) is 69.9 Å². The number of aromatic nitrogens is 3. The van der Waals surface area contributed by atoms with Gasteiger partial charge < -0.3 is 29.8 Å². The molecule has 40 heavy (non-hydrogen) atoms. The summed E-state index contributed by atoms with van der Waals surface area (Å²) in [5.74, 6) is 0.337. The summed E-state index contributed by atoms with van der Waals surface area (Å²) in [7, 11) is 4.46. The Hall–Kier alpha value is -4.41. The maximum absolute atomic E-state index is 13.4. The summed E-state index contributed by atoms with van der Waals surface area (Å²) in [6, 6.07) is 8.30. The first-order chi connectivity index (χ1) is 19.0. The summed E-state index contributed by atoms with van der Waals surface area (Å²) in [5.41, 5.74) is 3.31. The van der Waals surface area contributed by atoms with Crippen LogP contribution in [0.5, 0.6) is 0 Å². The lowest BCUT2D eigenvalue weighted by molar-refractivity contribution is -0.123. The summed E-state index contributed by atoms with van der Waals surface area (Å²) in [5, 5.41) is 5.14. The van der Waals surface area contributed by atoms with E-state index < -0.39 is 23.6 Å². The molecule has 0 radical (unpaired) electrons. The number of hydrogen-bond acceptors (Lipinski definition) is 6. The van der Waals surface area contributed by atoms with Crippen LogP contribution in [0, 0.1) is 12.8 Å². The van der Waals surface area contributed by atoms with Gasteiger partial charge in [0.25, 0.3) is 5.56 Å². The van der Waals surface area contributed by atoms with E-state index in [4.69, 9.17) is 4.98 Å². The predicted molar refractivity (Wildman–Crippen MR) is 154 cm³/mol. The molecule has 3 amide bonds. The van der Waals surface area contributed by atoms with E-state index in [1.165, 1.54) is 28.7 Å². The van der Waals surface area contributed by atoms with Gasteiger partial charge >= 0.3 is 6.09 Å². The van der Waals surface area contributed by atoms with Crippen molar-refractivity contribution < 1.29 is 19.1 Å². The highest BCUT2D eigenvalue weighted by Crippen LogP contribution is 2.20. The van der Waals surface area contributed by atoms with Crippen molar-refractivity contribution in [2.75, 3.05) is 26.5 Å². The molecular weight excluding hydrogens is 512 g/mol. The normalized spacial score (nSPS) is 12.1. The molecule has 2 heterocycles. The first-order valence-corrected chi connectivity index (χ1v) is 13.2. The number of allylic oxidation sites excluding steroid dienone is 1. The average Bonchev–Trinajstić information content (AvgIpc) is 3.33. The zero-order valence-corrected chi connectivity index (χ0v) is 23.9. The number of hydrogen-bond donors (Lipinski definition) is 3. The number of carbonyl (C=O) groups is 3. The molecule has 2 aromatic heterocycles. The van der Waals surface area contributed by atoms with Crippen LogP contribution in [0.15, 0.2) is 47.3 Å². The van der Waals surface area contributed by atoms with E-state index in [0.717, 1.165) is 23.0 Å². The number of aryl methyl sites for hydroxylation is 1. The molecule has 214 valence electrons. The largest absolute Gasteiger partial charge is 0.453 e. The van der Waals surface area contributed by atoms with Crippen molar-refractivity contribution >= 4 is 34.6 Å². The fraction of sp³-hybridized carbons (Fsp3) is 0.414. The Morgan fingerprint density at radius 1 is 1.18 bits per heavy atom. The molecule has 0 spiro atoms. The van der Waals surface area contributed by atoms with Crippen LogP contribution in [0.1, 0.15) is 43.8 Å². The number of benzene rings is 1. The summed E-state index contributed by atoms with van der Waals surface area (Å²) < 4.78 is 6.19. The van der Waals surface area contributed by atoms with Gasteiger partial charge in [-0.3, -0.25) is 14.4 Å². The maximum Gasteiger partial charge on any atom is 0.407 e. The Labute approximate surface area is 233 Å². The van der Waals surface area contributed by atoms with Crippen LogP contribution in [0.4, 0.5) is 10.5 Å². The number of aromatic amines is 1. The molecule has 1 aromatic carbocycles. The van der Waals surface area contributed by atoms with Gasteiger partial charge in [-0.25, -0.2) is 9.78 Å². The number of likely N-dealkylation sites (N-methyl/N-ethyl adjacent to an activating group) is 1. The molecule has 0 saturated carbocycles. The van der Waals surface area contributed by atoms with Crippen LogP contribution in [-0.4, -0.2) is 64.6 Å². The fourth-order valence-electron chi connectivity index (χ4n) is 4.22. The van der Waals surface area contributed by atoms with Gasteiger partial charge in [0.2, 0.25) is 11.8 Å². The number of nitrogens with one attached hydrogen (secondary N) is 3. The van der Waals surface area contributed by atoms with E-state index in [0.29, 0.717) is 23.9 Å². The minimum absolute atomic E-state index is 0.0715. The lowest BCUT2D eigenvalue weighted by atomic mass is 10.0. The smallest absolute Gasteiger partial charge is 0.407 e. The number of rotatable bonds is 11. The lowest BCUT2D eigenvalue weighted by Gasteiger charge is -2.18. The second kappa shape index (κ2) is 13.6. The standard InChI is InChI=1S/C29H38N6O5/c1-18(2)16-20-10-9-12-21-26(20)33-24(30-21)17-35-19(3)14-15-23(28(35)38)31-27(37)22(32-29(39)40-6)11-7-8-13-25(36)34(4)5/h8-10,12-15,18,22H,7,11,16-17H2,1-6H3,(H,30,33)(H,31,37)(H,32,39)/b13-8+/t22-/m0/s1. The minimum Gasteiger partial charge on any atom is -0.453 e. The van der Waals surface area contributed by atoms with Crippen molar-refractivity contribution in [2.24, 2.45) is 5.92 Å². The van der Waals surface area contributed by atoms with Crippen LogP contribution in [0.25, 0.3) is 11.0 Å². The van der Waals surface area contributed by atoms with Gasteiger partial charge in [0, 0.05) is 19.8 Å². The highest BCUT2D eigenvalue weighted by Gasteiger charge is 2.22. The van der Waals surface area contributed by atoms with Crippen molar-refractivity contribution in [2.45, 2.75) is 52.6 Å². The number of imidazole rings is 1. The summed E-state index contributed by atoms with van der Waals surface area (Å²) in [4.78, 5) is 59.6. The number of nitrogens with zero attached hydrogens (tertiary/aromatic N) is 3. The zero-order chi connectivity index (χ0) is 29.4. The third-order valence-electron chi connectivity index (χ3n) is 6.35. The number of ether oxygens (including phenoxy) is 1. The fourth-order valence-corrected chi connectivity index (χ4v) is 4.22. The Morgan fingerprint density at radius 3 is 2.60 bits per heavy atom. The number of carbonyl (C=O) groups excluding carboxylic acids is 3. The molecule has 0 fully saturated rings. The topological polar surface area (TPSA) is 138 Å². The molecule has 11 nitrogen and oxygen atoms in total. The van der Waals surface area contributed by atoms with E-state index >= 15 is 0 Å². The van der Waals surface area contributed by atoms with Crippen LogP contribution in [0.3, 0.4) is 0 Å². The van der Waals surface area contributed by atoms with Gasteiger partial charge in [0.05, 0.1) is 24.7 Å². The summed E-state index contributed by atoms with van der Waals surface area (Å²) >= 11 is 0. The number of amides is 3. The Morgan fingerprint density at radius 2 is 1.93 bits per heavy atom. The number of pyridine rings is 1. The second-order valence-corrected chi connectivity index (χ2v) is 10.3. The van der Waals surface area contributed by atoms with E-state index in [2.05, 4.69) is 40.3 Å². The van der Waals surface area contributed by atoms with Crippen molar-refractivity contribution in [3.63, 3.8) is 0 Å². The minimum atomic E-state index is -0.990. The van der Waals surface area contributed by atoms with Gasteiger partial charge in [-0.2, -0.15) is 0 Å².